The minimum absolute atomic E-state index is 0.178. The second kappa shape index (κ2) is 9.34. The molecule has 2 heterocycles. The van der Waals surface area contributed by atoms with Gasteiger partial charge in [0.15, 0.2) is 11.6 Å². The van der Waals surface area contributed by atoms with E-state index in [2.05, 4.69) is 9.97 Å². The standard InChI is InChI=1S/C15H15F3N4O.CO2/c1-3-13-20-9-11(7-19)22(13)14-12(23-2)6-10(8-21-14)4-5-15(16,17)18;2-1-3/h6,8-9H,3-5H2,1-2H3;. The van der Waals surface area contributed by atoms with Gasteiger partial charge in [-0.1, -0.05) is 6.92 Å². The van der Waals surface area contributed by atoms with Crippen LogP contribution in [-0.2, 0) is 22.4 Å². The summed E-state index contributed by atoms with van der Waals surface area (Å²) in [6, 6.07) is 3.52. The van der Waals surface area contributed by atoms with Gasteiger partial charge in [-0.05, 0) is 18.1 Å². The molecule has 0 saturated carbocycles. The van der Waals surface area contributed by atoms with Crippen molar-refractivity contribution in [3.63, 3.8) is 0 Å². The van der Waals surface area contributed by atoms with Crippen LogP contribution in [0, 0.1) is 11.3 Å². The monoisotopic (exact) mass is 368 g/mol. The zero-order chi connectivity index (χ0) is 19.7. The normalized spacial score (nSPS) is 10.3. The number of nitriles is 1. The minimum Gasteiger partial charge on any atom is -0.493 e. The van der Waals surface area contributed by atoms with Crippen LogP contribution in [0.2, 0.25) is 0 Å². The van der Waals surface area contributed by atoms with Crippen molar-refractivity contribution in [2.45, 2.75) is 32.4 Å². The Morgan fingerprint density at radius 2 is 1.92 bits per heavy atom. The maximum atomic E-state index is 12.3. The molecule has 26 heavy (non-hydrogen) atoms. The van der Waals surface area contributed by atoms with Gasteiger partial charge in [0.1, 0.15) is 17.6 Å². The highest BCUT2D eigenvalue weighted by Crippen LogP contribution is 2.27. The van der Waals surface area contributed by atoms with Crippen molar-refractivity contribution in [1.82, 2.24) is 14.5 Å². The molecule has 0 bridgehead atoms. The number of aryl methyl sites for hydroxylation is 2. The van der Waals surface area contributed by atoms with E-state index in [1.165, 1.54) is 25.6 Å². The SMILES string of the molecule is CCc1ncc(C#N)n1-c1ncc(CCC(F)(F)F)cc1OC.O=C=O. The lowest BCUT2D eigenvalue weighted by Gasteiger charge is -2.13. The number of methoxy groups -OCH3 is 1. The molecule has 0 radical (unpaired) electrons. The van der Waals surface area contributed by atoms with Crippen LogP contribution in [0.5, 0.6) is 5.75 Å². The number of nitrogens with zero attached hydrogens (tertiary/aromatic N) is 4. The van der Waals surface area contributed by atoms with E-state index in [1.54, 1.807) is 4.57 Å². The molecule has 0 aliphatic rings. The third kappa shape index (κ3) is 5.43. The largest absolute Gasteiger partial charge is 0.493 e. The fraction of sp³-hybridized carbons (Fsp3) is 0.375. The van der Waals surface area contributed by atoms with Crippen molar-refractivity contribution in [1.29, 1.82) is 5.26 Å². The fourth-order valence-electron chi connectivity index (χ4n) is 2.17. The summed E-state index contributed by atoms with van der Waals surface area (Å²) < 4.78 is 43.8. The van der Waals surface area contributed by atoms with Crippen molar-refractivity contribution in [2.75, 3.05) is 7.11 Å². The molecule has 0 unspecified atom stereocenters. The summed E-state index contributed by atoms with van der Waals surface area (Å²) in [5.74, 6) is 1.26. The van der Waals surface area contributed by atoms with Crippen LogP contribution in [-0.4, -0.2) is 34.0 Å². The lowest BCUT2D eigenvalue weighted by Crippen LogP contribution is -2.10. The van der Waals surface area contributed by atoms with Gasteiger partial charge in [-0.15, -0.1) is 0 Å². The number of hydrogen-bond acceptors (Lipinski definition) is 6. The molecule has 138 valence electrons. The van der Waals surface area contributed by atoms with Crippen LogP contribution in [0.1, 0.15) is 30.4 Å². The number of pyridine rings is 1. The first-order valence-corrected chi connectivity index (χ1v) is 7.37. The molecular weight excluding hydrogens is 353 g/mol. The maximum absolute atomic E-state index is 12.3. The van der Waals surface area contributed by atoms with Gasteiger partial charge in [0.25, 0.3) is 0 Å². The van der Waals surface area contributed by atoms with Crippen molar-refractivity contribution in [3.8, 4) is 17.6 Å². The molecule has 0 aliphatic carbocycles. The van der Waals surface area contributed by atoms with Crippen molar-refractivity contribution in [2.24, 2.45) is 0 Å². The van der Waals surface area contributed by atoms with Crippen molar-refractivity contribution < 1.29 is 27.5 Å². The van der Waals surface area contributed by atoms with Gasteiger partial charge in [0, 0.05) is 19.0 Å². The molecule has 2 aromatic heterocycles. The number of carbonyl (C=O) groups excluding carboxylic acids is 2. The highest BCUT2D eigenvalue weighted by molar-refractivity contribution is 5.46. The number of imidazole rings is 1. The Morgan fingerprint density at radius 1 is 1.27 bits per heavy atom. The van der Waals surface area contributed by atoms with Gasteiger partial charge in [-0.25, -0.2) is 9.97 Å². The molecule has 0 spiro atoms. The molecule has 0 aromatic carbocycles. The van der Waals surface area contributed by atoms with Crippen LogP contribution in [0.25, 0.3) is 5.82 Å². The van der Waals surface area contributed by atoms with Crippen LogP contribution in [0.4, 0.5) is 13.2 Å². The van der Waals surface area contributed by atoms with Gasteiger partial charge < -0.3 is 4.74 Å². The lowest BCUT2D eigenvalue weighted by molar-refractivity contribution is -0.191. The smallest absolute Gasteiger partial charge is 0.389 e. The second-order valence-electron chi connectivity index (χ2n) is 4.93. The summed E-state index contributed by atoms with van der Waals surface area (Å²) in [6.45, 7) is 1.88. The molecule has 2 aromatic rings. The minimum atomic E-state index is -4.22. The van der Waals surface area contributed by atoms with E-state index in [0.717, 1.165) is 0 Å². The molecule has 7 nitrogen and oxygen atoms in total. The highest BCUT2D eigenvalue weighted by atomic mass is 19.4. The third-order valence-corrected chi connectivity index (χ3v) is 3.28. The van der Waals surface area contributed by atoms with Gasteiger partial charge in [0.2, 0.25) is 0 Å². The first-order chi connectivity index (χ1) is 12.3. The molecule has 0 saturated heterocycles. The molecular formula is C16H15F3N4O3. The van der Waals surface area contributed by atoms with E-state index < -0.39 is 12.6 Å². The summed E-state index contributed by atoms with van der Waals surface area (Å²) in [5.41, 5.74) is 0.704. The number of alkyl halides is 3. The Labute approximate surface area is 147 Å². The maximum Gasteiger partial charge on any atom is 0.389 e. The molecule has 0 N–H and O–H groups in total. The average Bonchev–Trinajstić information content (AvgIpc) is 3.02. The Bertz CT molecular complexity index is 819. The molecule has 0 fully saturated rings. The topological polar surface area (TPSA) is 97.9 Å². The summed E-state index contributed by atoms with van der Waals surface area (Å²) in [5, 5.41) is 9.18. The zero-order valence-electron chi connectivity index (χ0n) is 14.0. The zero-order valence-corrected chi connectivity index (χ0v) is 14.0. The summed E-state index contributed by atoms with van der Waals surface area (Å²) in [6.07, 6.45) is -1.71. The number of ether oxygens (including phenoxy) is 1. The lowest BCUT2D eigenvalue weighted by atomic mass is 10.1. The van der Waals surface area contributed by atoms with E-state index in [4.69, 9.17) is 14.3 Å². The van der Waals surface area contributed by atoms with Crippen molar-refractivity contribution in [3.05, 3.63) is 35.5 Å². The molecule has 0 atom stereocenters. The van der Waals surface area contributed by atoms with E-state index in [9.17, 15) is 18.4 Å². The Hall–Kier alpha value is -3.18. The number of halogens is 3. The summed E-state index contributed by atoms with van der Waals surface area (Å²) >= 11 is 0. The molecule has 10 heteroatoms. The van der Waals surface area contributed by atoms with Gasteiger partial charge in [-0.3, -0.25) is 4.57 Å². The van der Waals surface area contributed by atoms with Crippen LogP contribution in [0.15, 0.2) is 18.5 Å². The van der Waals surface area contributed by atoms with Gasteiger partial charge in [0.05, 0.1) is 13.3 Å². The summed E-state index contributed by atoms with van der Waals surface area (Å²) in [4.78, 5) is 24.6. The first-order valence-electron chi connectivity index (χ1n) is 7.37. The highest BCUT2D eigenvalue weighted by Gasteiger charge is 2.27. The molecule has 2 rings (SSSR count). The Kier molecular flexibility index (Phi) is 7.50. The second-order valence-corrected chi connectivity index (χ2v) is 4.93. The average molecular weight is 368 g/mol. The van der Waals surface area contributed by atoms with E-state index in [0.29, 0.717) is 29.4 Å². The fourth-order valence-corrected chi connectivity index (χ4v) is 2.17. The van der Waals surface area contributed by atoms with E-state index in [-0.39, 0.29) is 18.3 Å². The quantitative estimate of drug-likeness (QED) is 0.805. The molecule has 0 aliphatic heterocycles. The summed E-state index contributed by atoms with van der Waals surface area (Å²) in [7, 11) is 1.41. The Balaban J connectivity index is 0.00000105. The number of aromatic nitrogens is 3. The number of hydrogen-bond donors (Lipinski definition) is 0. The first kappa shape index (κ1) is 20.9. The number of rotatable bonds is 5. The van der Waals surface area contributed by atoms with Crippen molar-refractivity contribution >= 4 is 6.15 Å². The van der Waals surface area contributed by atoms with Crippen LogP contribution < -0.4 is 4.74 Å². The third-order valence-electron chi connectivity index (χ3n) is 3.28. The van der Waals surface area contributed by atoms with E-state index >= 15 is 0 Å². The predicted molar refractivity (Wildman–Crippen MR) is 81.4 cm³/mol. The van der Waals surface area contributed by atoms with Crippen LogP contribution in [0.3, 0.4) is 0 Å². The van der Waals surface area contributed by atoms with E-state index in [1.807, 2.05) is 13.0 Å². The predicted octanol–water partition coefficient (Wildman–Crippen LogP) is 2.62. The van der Waals surface area contributed by atoms with Crippen LogP contribution >= 0.6 is 0 Å². The Morgan fingerprint density at radius 3 is 2.42 bits per heavy atom. The van der Waals surface area contributed by atoms with Gasteiger partial charge >= 0.3 is 12.3 Å². The molecule has 0 amide bonds. The van der Waals surface area contributed by atoms with Gasteiger partial charge in [-0.2, -0.15) is 28.0 Å².